The predicted octanol–water partition coefficient (Wildman–Crippen LogP) is 2.07. The molecule has 18 heavy (non-hydrogen) atoms. The summed E-state index contributed by atoms with van der Waals surface area (Å²) in [6.07, 6.45) is 4.54. The molecule has 0 aromatic heterocycles. The zero-order chi connectivity index (χ0) is 13.8. The molecule has 0 aliphatic carbocycles. The van der Waals surface area contributed by atoms with E-state index in [1.165, 1.54) is 12.8 Å². The molecule has 0 heterocycles. The minimum Gasteiger partial charge on any atom is -0.465 e. The molecule has 0 aromatic rings. The van der Waals surface area contributed by atoms with E-state index in [-0.39, 0.29) is 12.6 Å². The summed E-state index contributed by atoms with van der Waals surface area (Å²) in [5.41, 5.74) is 0. The first-order valence-corrected chi connectivity index (χ1v) is 6.81. The Morgan fingerprint density at radius 2 is 1.89 bits per heavy atom. The van der Waals surface area contributed by atoms with Crippen LogP contribution >= 0.6 is 0 Å². The van der Waals surface area contributed by atoms with E-state index in [2.05, 4.69) is 24.5 Å². The Morgan fingerprint density at radius 1 is 1.17 bits per heavy atom. The third-order valence-corrected chi connectivity index (χ3v) is 2.79. The molecule has 0 saturated heterocycles. The predicted molar refractivity (Wildman–Crippen MR) is 71.3 cm³/mol. The minimum absolute atomic E-state index is 0.0780. The van der Waals surface area contributed by atoms with Crippen molar-refractivity contribution in [2.45, 2.75) is 46.5 Å². The highest BCUT2D eigenvalue weighted by Crippen LogP contribution is 2.10. The van der Waals surface area contributed by atoms with Gasteiger partial charge in [0.2, 0.25) is 0 Å². The standard InChI is InChI=1S/C13H26N2O3/c1-4-7-8-11(5-2)9-14-13(17)15-10-12(16)18-6-3/h11H,4-10H2,1-3H3,(H2,14,15,17). The fraction of sp³-hybridized carbons (Fsp3) is 0.846. The lowest BCUT2D eigenvalue weighted by Gasteiger charge is -2.15. The number of carbonyl (C=O) groups is 2. The van der Waals surface area contributed by atoms with E-state index >= 15 is 0 Å². The molecule has 0 aromatic carbocycles. The zero-order valence-corrected chi connectivity index (χ0v) is 11.8. The van der Waals surface area contributed by atoms with Crippen molar-refractivity contribution in [2.75, 3.05) is 19.7 Å². The summed E-state index contributed by atoms with van der Waals surface area (Å²) in [6.45, 7) is 6.93. The Bertz CT molecular complexity index is 244. The largest absolute Gasteiger partial charge is 0.465 e. The van der Waals surface area contributed by atoms with E-state index in [1.807, 2.05) is 0 Å². The van der Waals surface area contributed by atoms with Crippen LogP contribution in [0.3, 0.4) is 0 Å². The van der Waals surface area contributed by atoms with Crippen molar-refractivity contribution in [1.82, 2.24) is 10.6 Å². The van der Waals surface area contributed by atoms with Crippen LogP contribution < -0.4 is 10.6 Å². The van der Waals surface area contributed by atoms with Crippen LogP contribution in [0.25, 0.3) is 0 Å². The lowest BCUT2D eigenvalue weighted by molar-refractivity contribution is -0.141. The molecular weight excluding hydrogens is 232 g/mol. The number of carbonyl (C=O) groups excluding carboxylic acids is 2. The number of amides is 2. The molecule has 0 aliphatic rings. The van der Waals surface area contributed by atoms with Gasteiger partial charge in [-0.15, -0.1) is 0 Å². The molecule has 5 nitrogen and oxygen atoms in total. The maximum Gasteiger partial charge on any atom is 0.325 e. The molecular formula is C13H26N2O3. The summed E-state index contributed by atoms with van der Waals surface area (Å²) in [5, 5.41) is 5.26. The minimum atomic E-state index is -0.411. The number of nitrogens with one attached hydrogen (secondary N) is 2. The average Bonchev–Trinajstić information content (AvgIpc) is 2.37. The van der Waals surface area contributed by atoms with E-state index in [9.17, 15) is 9.59 Å². The Hall–Kier alpha value is -1.26. The Morgan fingerprint density at radius 3 is 2.44 bits per heavy atom. The van der Waals surface area contributed by atoms with Gasteiger partial charge in [-0.2, -0.15) is 0 Å². The van der Waals surface area contributed by atoms with Crippen LogP contribution in [-0.2, 0) is 9.53 Å². The van der Waals surface area contributed by atoms with Crippen LogP contribution in [0.4, 0.5) is 4.79 Å². The van der Waals surface area contributed by atoms with E-state index in [4.69, 9.17) is 4.74 Å². The summed E-state index contributed by atoms with van der Waals surface area (Å²) in [4.78, 5) is 22.4. The molecule has 1 unspecified atom stereocenters. The Kier molecular flexibility index (Phi) is 10.1. The molecule has 1 atom stereocenters. The van der Waals surface area contributed by atoms with Crippen LogP contribution in [-0.4, -0.2) is 31.7 Å². The molecule has 106 valence electrons. The first-order valence-electron chi connectivity index (χ1n) is 6.81. The zero-order valence-electron chi connectivity index (χ0n) is 11.8. The first kappa shape index (κ1) is 16.7. The number of urea groups is 1. The van der Waals surface area contributed by atoms with Gasteiger partial charge >= 0.3 is 12.0 Å². The van der Waals surface area contributed by atoms with Gasteiger partial charge < -0.3 is 15.4 Å². The lowest BCUT2D eigenvalue weighted by Crippen LogP contribution is -2.40. The number of unbranched alkanes of at least 4 members (excludes halogenated alkanes) is 1. The second-order valence-electron chi connectivity index (χ2n) is 4.29. The monoisotopic (exact) mass is 258 g/mol. The second-order valence-corrected chi connectivity index (χ2v) is 4.29. The molecule has 0 fully saturated rings. The first-order chi connectivity index (χ1) is 8.63. The summed E-state index contributed by atoms with van der Waals surface area (Å²) in [5.74, 6) is 0.101. The normalized spacial score (nSPS) is 11.7. The average molecular weight is 258 g/mol. The summed E-state index contributed by atoms with van der Waals surface area (Å²) < 4.78 is 4.71. The number of hydrogen-bond donors (Lipinski definition) is 2. The number of esters is 1. The van der Waals surface area contributed by atoms with Crippen LogP contribution in [0.15, 0.2) is 0 Å². The van der Waals surface area contributed by atoms with Gasteiger partial charge in [0, 0.05) is 6.54 Å². The fourth-order valence-electron chi connectivity index (χ4n) is 1.61. The third kappa shape index (κ3) is 8.84. The van der Waals surface area contributed by atoms with Gasteiger partial charge in [-0.3, -0.25) is 4.79 Å². The maximum absolute atomic E-state index is 11.4. The van der Waals surface area contributed by atoms with Crippen molar-refractivity contribution in [3.8, 4) is 0 Å². The van der Waals surface area contributed by atoms with Gasteiger partial charge in [0.1, 0.15) is 6.54 Å². The van der Waals surface area contributed by atoms with Gasteiger partial charge in [0.05, 0.1) is 6.61 Å². The molecule has 0 bridgehead atoms. The van der Waals surface area contributed by atoms with Gasteiger partial charge in [-0.25, -0.2) is 4.79 Å². The highest BCUT2D eigenvalue weighted by atomic mass is 16.5. The Labute approximate surface area is 110 Å². The fourth-order valence-corrected chi connectivity index (χ4v) is 1.61. The number of rotatable bonds is 9. The van der Waals surface area contributed by atoms with Crippen LogP contribution in [0, 0.1) is 5.92 Å². The van der Waals surface area contributed by atoms with Crippen LogP contribution in [0.2, 0.25) is 0 Å². The number of ether oxygens (including phenoxy) is 1. The highest BCUT2D eigenvalue weighted by molar-refractivity contribution is 5.80. The summed E-state index contributed by atoms with van der Waals surface area (Å²) in [6, 6.07) is -0.307. The van der Waals surface area contributed by atoms with Crippen molar-refractivity contribution in [3.63, 3.8) is 0 Å². The quantitative estimate of drug-likeness (QED) is 0.622. The van der Waals surface area contributed by atoms with E-state index in [1.54, 1.807) is 6.92 Å². The van der Waals surface area contributed by atoms with Gasteiger partial charge in [-0.1, -0.05) is 33.1 Å². The highest BCUT2D eigenvalue weighted by Gasteiger charge is 2.09. The van der Waals surface area contributed by atoms with Crippen molar-refractivity contribution in [2.24, 2.45) is 5.92 Å². The van der Waals surface area contributed by atoms with Crippen molar-refractivity contribution in [1.29, 1.82) is 0 Å². The van der Waals surface area contributed by atoms with E-state index in [0.717, 1.165) is 12.8 Å². The van der Waals surface area contributed by atoms with Crippen LogP contribution in [0.1, 0.15) is 46.5 Å². The molecule has 0 spiro atoms. The van der Waals surface area contributed by atoms with Crippen molar-refractivity contribution < 1.29 is 14.3 Å². The summed E-state index contributed by atoms with van der Waals surface area (Å²) >= 11 is 0. The SMILES string of the molecule is CCCCC(CC)CNC(=O)NCC(=O)OCC. The second kappa shape index (κ2) is 10.9. The molecule has 2 amide bonds. The third-order valence-electron chi connectivity index (χ3n) is 2.79. The number of hydrogen-bond acceptors (Lipinski definition) is 3. The molecule has 0 saturated carbocycles. The van der Waals surface area contributed by atoms with Gasteiger partial charge in [0.25, 0.3) is 0 Å². The topological polar surface area (TPSA) is 67.4 Å². The van der Waals surface area contributed by atoms with Crippen molar-refractivity contribution >= 4 is 12.0 Å². The Balaban J connectivity index is 3.70. The molecule has 0 radical (unpaired) electrons. The van der Waals surface area contributed by atoms with Crippen molar-refractivity contribution in [3.05, 3.63) is 0 Å². The molecule has 0 rings (SSSR count). The smallest absolute Gasteiger partial charge is 0.325 e. The van der Waals surface area contributed by atoms with E-state index < -0.39 is 5.97 Å². The summed E-state index contributed by atoms with van der Waals surface area (Å²) in [7, 11) is 0. The van der Waals surface area contributed by atoms with Gasteiger partial charge in [0.15, 0.2) is 0 Å². The maximum atomic E-state index is 11.4. The van der Waals surface area contributed by atoms with Crippen LogP contribution in [0.5, 0.6) is 0 Å². The molecule has 5 heteroatoms. The lowest BCUT2D eigenvalue weighted by atomic mass is 9.99. The molecule has 2 N–H and O–H groups in total. The van der Waals surface area contributed by atoms with E-state index in [0.29, 0.717) is 19.1 Å². The van der Waals surface area contributed by atoms with Gasteiger partial charge in [-0.05, 0) is 19.3 Å². The molecule has 0 aliphatic heterocycles.